The van der Waals surface area contributed by atoms with Crippen molar-refractivity contribution in [3.63, 3.8) is 0 Å². The van der Waals surface area contributed by atoms with Crippen LogP contribution in [-0.2, 0) is 14.8 Å². The third-order valence-corrected chi connectivity index (χ3v) is 8.20. The van der Waals surface area contributed by atoms with Crippen LogP contribution < -0.4 is 9.46 Å². The van der Waals surface area contributed by atoms with E-state index < -0.39 is 16.1 Å². The van der Waals surface area contributed by atoms with Crippen LogP contribution >= 0.6 is 0 Å². The number of benzene rings is 1. The zero-order chi connectivity index (χ0) is 22.9. The highest BCUT2D eigenvalue weighted by molar-refractivity contribution is 7.89. The van der Waals surface area contributed by atoms with Crippen molar-refractivity contribution in [3.8, 4) is 5.75 Å². The molecule has 0 radical (unpaired) electrons. The van der Waals surface area contributed by atoms with Crippen LogP contribution in [0.5, 0.6) is 5.75 Å². The summed E-state index contributed by atoms with van der Waals surface area (Å²) in [6.07, 6.45) is 0.875. The molecule has 0 spiro atoms. The Labute approximate surface area is 191 Å². The van der Waals surface area contributed by atoms with E-state index in [-0.39, 0.29) is 23.6 Å². The van der Waals surface area contributed by atoms with Gasteiger partial charge in [0, 0.05) is 45.9 Å². The van der Waals surface area contributed by atoms with Crippen molar-refractivity contribution < 1.29 is 23.0 Å². The van der Waals surface area contributed by atoms with Gasteiger partial charge in [0.15, 0.2) is 0 Å². The highest BCUT2D eigenvalue weighted by atomic mass is 32.2. The minimum atomic E-state index is -3.81. The summed E-state index contributed by atoms with van der Waals surface area (Å²) in [5.41, 5.74) is 1.10. The maximum atomic E-state index is 13.1. The average Bonchev–Trinajstić information content (AvgIpc) is 3.13. The lowest BCUT2D eigenvalue weighted by Crippen LogP contribution is -2.47. The van der Waals surface area contributed by atoms with Gasteiger partial charge in [-0.1, -0.05) is 19.9 Å². The number of hydrogen-bond acceptors (Lipinski definition) is 7. The van der Waals surface area contributed by atoms with Gasteiger partial charge in [-0.15, -0.1) is 0 Å². The van der Waals surface area contributed by atoms with Crippen molar-refractivity contribution in [2.45, 2.75) is 55.8 Å². The number of likely N-dealkylation sites (N-methyl/N-ethyl adjacent to an activating group) is 1. The molecule has 8 nitrogen and oxygen atoms in total. The molecular formula is C23H37N3O5S. The largest absolute Gasteiger partial charge is 0.486 e. The van der Waals surface area contributed by atoms with Crippen molar-refractivity contribution in [3.05, 3.63) is 23.8 Å². The van der Waals surface area contributed by atoms with Gasteiger partial charge in [0.25, 0.3) is 0 Å². The molecular weight excluding hydrogens is 430 g/mol. The summed E-state index contributed by atoms with van der Waals surface area (Å²) in [5.74, 6) is 1.28. The highest BCUT2D eigenvalue weighted by Gasteiger charge is 2.39. The molecule has 2 fully saturated rings. The third kappa shape index (κ3) is 5.46. The second-order valence-corrected chi connectivity index (χ2v) is 11.6. The Morgan fingerprint density at radius 2 is 1.94 bits per heavy atom. The van der Waals surface area contributed by atoms with E-state index >= 15 is 0 Å². The van der Waals surface area contributed by atoms with Crippen LogP contribution in [0.2, 0.25) is 0 Å². The molecule has 0 amide bonds. The van der Waals surface area contributed by atoms with E-state index in [4.69, 9.17) is 9.47 Å². The number of fused-ring (bicyclic) bond motifs is 2. The summed E-state index contributed by atoms with van der Waals surface area (Å²) in [6, 6.07) is 5.55. The molecule has 3 aliphatic rings. The predicted molar refractivity (Wildman–Crippen MR) is 123 cm³/mol. The van der Waals surface area contributed by atoms with Crippen molar-refractivity contribution >= 4 is 10.0 Å². The predicted octanol–water partition coefficient (Wildman–Crippen LogP) is 1.25. The van der Waals surface area contributed by atoms with Gasteiger partial charge in [0.2, 0.25) is 10.0 Å². The molecule has 9 heteroatoms. The molecule has 3 aliphatic heterocycles. The fraction of sp³-hybridized carbons (Fsp3) is 0.739. The Morgan fingerprint density at radius 3 is 2.66 bits per heavy atom. The van der Waals surface area contributed by atoms with E-state index in [9.17, 15) is 13.5 Å². The number of likely N-dealkylation sites (tertiary alicyclic amines) is 1. The Balaban J connectivity index is 1.70. The van der Waals surface area contributed by atoms with Gasteiger partial charge in [-0.25, -0.2) is 13.1 Å². The molecule has 0 bridgehead atoms. The average molecular weight is 468 g/mol. The number of rotatable bonds is 3. The molecule has 0 aromatic heterocycles. The molecule has 0 unspecified atom stereocenters. The fourth-order valence-electron chi connectivity index (χ4n) is 5.14. The second-order valence-electron chi connectivity index (χ2n) is 9.87. The summed E-state index contributed by atoms with van der Waals surface area (Å²) < 4.78 is 40.8. The van der Waals surface area contributed by atoms with Crippen LogP contribution in [0.1, 0.15) is 38.2 Å². The lowest BCUT2D eigenvalue weighted by atomic mass is 9.92. The first-order valence-electron chi connectivity index (χ1n) is 11.7. The lowest BCUT2D eigenvalue weighted by Gasteiger charge is -2.30. The smallest absolute Gasteiger partial charge is 0.244 e. The zero-order valence-electron chi connectivity index (χ0n) is 19.4. The Hall–Kier alpha value is -1.23. The molecule has 1 aromatic carbocycles. The molecule has 2 saturated heterocycles. The Morgan fingerprint density at radius 1 is 1.19 bits per heavy atom. The van der Waals surface area contributed by atoms with Gasteiger partial charge in [-0.2, -0.15) is 0 Å². The normalized spacial score (nSPS) is 30.3. The number of aliphatic hydroxyl groups is 1. The minimum Gasteiger partial charge on any atom is -0.486 e. The van der Waals surface area contributed by atoms with Crippen molar-refractivity contribution in [1.82, 2.24) is 14.5 Å². The number of nitrogens with one attached hydrogen (secondary N) is 1. The van der Waals surface area contributed by atoms with E-state index in [1.807, 2.05) is 19.2 Å². The maximum Gasteiger partial charge on any atom is 0.244 e. The van der Waals surface area contributed by atoms with E-state index in [1.165, 1.54) is 0 Å². The number of sulfonamides is 1. The van der Waals surface area contributed by atoms with E-state index in [1.54, 1.807) is 6.07 Å². The quantitative estimate of drug-likeness (QED) is 0.691. The highest BCUT2D eigenvalue weighted by Crippen LogP contribution is 2.35. The molecule has 2 N–H and O–H groups in total. The number of ether oxygens (including phenoxy) is 2. The second kappa shape index (κ2) is 9.95. The Kier molecular flexibility index (Phi) is 7.43. The van der Waals surface area contributed by atoms with Crippen LogP contribution in [0, 0.1) is 5.92 Å². The topological polar surface area (TPSA) is 91.3 Å². The first kappa shape index (κ1) is 23.9. The fourth-order valence-corrected chi connectivity index (χ4v) is 6.33. The third-order valence-electron chi connectivity index (χ3n) is 6.74. The van der Waals surface area contributed by atoms with Gasteiger partial charge in [0.1, 0.15) is 16.7 Å². The molecule has 3 atom stereocenters. The molecule has 32 heavy (non-hydrogen) atoms. The van der Waals surface area contributed by atoms with Crippen LogP contribution in [0.15, 0.2) is 23.1 Å². The lowest BCUT2D eigenvalue weighted by molar-refractivity contribution is 0.0709. The van der Waals surface area contributed by atoms with Crippen LogP contribution in [-0.4, -0.2) is 94.6 Å². The minimum absolute atomic E-state index is 0.0269. The standard InChI is InChI=1S/C23H37N3O5S/c1-16(2)12-26-14-20-22(15-26)31-21-10-18(17-6-8-30-9-7-17)4-5-23(21)32(28,29)24-11-19(27)13-25(20)3/h4-5,10,16-17,19-20,22,24,27H,6-9,11-15H2,1-3H3/t19-,20+,22-/m0/s1. The Bertz CT molecular complexity index is 888. The van der Waals surface area contributed by atoms with Crippen molar-refractivity contribution in [1.29, 1.82) is 0 Å². The maximum absolute atomic E-state index is 13.1. The van der Waals surface area contributed by atoms with Gasteiger partial charge in [-0.05, 0) is 49.4 Å². The van der Waals surface area contributed by atoms with E-state index in [0.29, 0.717) is 24.1 Å². The van der Waals surface area contributed by atoms with Crippen molar-refractivity contribution in [2.75, 3.05) is 53.0 Å². The van der Waals surface area contributed by atoms with E-state index in [0.717, 1.165) is 51.3 Å². The molecule has 3 heterocycles. The van der Waals surface area contributed by atoms with Gasteiger partial charge >= 0.3 is 0 Å². The summed E-state index contributed by atoms with van der Waals surface area (Å²) >= 11 is 0. The van der Waals surface area contributed by atoms with Crippen molar-refractivity contribution in [2.24, 2.45) is 5.92 Å². The van der Waals surface area contributed by atoms with Crippen LogP contribution in [0.4, 0.5) is 0 Å². The SMILES string of the molecule is CC(C)CN1C[C@@H]2Oc3cc(C4CCOCC4)ccc3S(=O)(=O)NC[C@H](O)CN(C)[C@@H]2C1. The first-order chi connectivity index (χ1) is 15.2. The summed E-state index contributed by atoms with van der Waals surface area (Å²) in [6.45, 7) is 8.72. The molecule has 0 saturated carbocycles. The molecule has 0 aliphatic carbocycles. The van der Waals surface area contributed by atoms with Gasteiger partial charge in [0.05, 0.1) is 12.1 Å². The van der Waals surface area contributed by atoms with Gasteiger partial charge < -0.3 is 14.6 Å². The van der Waals surface area contributed by atoms with Gasteiger partial charge in [-0.3, -0.25) is 9.80 Å². The first-order valence-corrected chi connectivity index (χ1v) is 13.2. The number of hydrogen-bond donors (Lipinski definition) is 2. The van der Waals surface area contributed by atoms with E-state index in [2.05, 4.69) is 28.4 Å². The van der Waals surface area contributed by atoms with Crippen LogP contribution in [0.25, 0.3) is 0 Å². The monoisotopic (exact) mass is 467 g/mol. The number of nitrogens with zero attached hydrogens (tertiary/aromatic N) is 2. The molecule has 1 aromatic rings. The summed E-state index contributed by atoms with van der Waals surface area (Å²) in [5, 5.41) is 10.5. The number of β-amino-alcohol motifs (C(OH)–C–C–N with tert-alkyl or cyclic N) is 1. The summed E-state index contributed by atoms with van der Waals surface area (Å²) in [4.78, 5) is 4.63. The summed E-state index contributed by atoms with van der Waals surface area (Å²) in [7, 11) is -1.83. The number of aliphatic hydroxyl groups excluding tert-OH is 1. The molecule has 180 valence electrons. The zero-order valence-corrected chi connectivity index (χ0v) is 20.2. The molecule has 4 rings (SSSR count). The van der Waals surface area contributed by atoms with Crippen LogP contribution in [0.3, 0.4) is 0 Å².